The zero-order valence-corrected chi connectivity index (χ0v) is 11.4. The molecule has 0 saturated heterocycles. The highest BCUT2D eigenvalue weighted by Gasteiger charge is 2.25. The molecule has 0 radical (unpaired) electrons. The van der Waals surface area contributed by atoms with Crippen molar-refractivity contribution in [2.24, 2.45) is 0 Å². The zero-order chi connectivity index (χ0) is 15.1. The van der Waals surface area contributed by atoms with Crippen molar-refractivity contribution in [2.75, 3.05) is 34.5 Å². The van der Waals surface area contributed by atoms with Crippen LogP contribution in [0.15, 0.2) is 12.1 Å². The molecule has 0 spiro atoms. The van der Waals surface area contributed by atoms with Crippen LogP contribution < -0.4 is 9.47 Å². The van der Waals surface area contributed by atoms with Crippen molar-refractivity contribution in [3.05, 3.63) is 27.8 Å². The number of nitrogens with zero attached hydrogens (tertiary/aromatic N) is 1. The average molecular weight is 285 g/mol. The number of ether oxygens (including phenoxy) is 4. The van der Waals surface area contributed by atoms with Crippen LogP contribution in [0.2, 0.25) is 0 Å². The molecule has 0 unspecified atom stereocenters. The summed E-state index contributed by atoms with van der Waals surface area (Å²) in [7, 11) is 4.16. The molecule has 0 atom stereocenters. The summed E-state index contributed by atoms with van der Waals surface area (Å²) in [6.45, 7) is 0.202. The Morgan fingerprint density at radius 3 is 2.25 bits per heavy atom. The SMILES string of the molecule is COCCOC(=O)c1cc(OC)c(OC)cc1[N+](=O)[O-]. The van der Waals surface area contributed by atoms with Gasteiger partial charge in [0.1, 0.15) is 12.2 Å². The molecule has 0 amide bonds. The fourth-order valence-electron chi connectivity index (χ4n) is 1.48. The second-order valence-electron chi connectivity index (χ2n) is 3.61. The van der Waals surface area contributed by atoms with Gasteiger partial charge in [0.2, 0.25) is 0 Å². The van der Waals surface area contributed by atoms with Gasteiger partial charge in [-0.2, -0.15) is 0 Å². The lowest BCUT2D eigenvalue weighted by molar-refractivity contribution is -0.385. The number of esters is 1. The smallest absolute Gasteiger partial charge is 0.345 e. The van der Waals surface area contributed by atoms with Gasteiger partial charge < -0.3 is 18.9 Å². The van der Waals surface area contributed by atoms with Crippen LogP contribution >= 0.6 is 0 Å². The van der Waals surface area contributed by atoms with Gasteiger partial charge in [-0.3, -0.25) is 10.1 Å². The maximum absolute atomic E-state index is 11.8. The first-order chi connectivity index (χ1) is 9.54. The van der Waals surface area contributed by atoms with Gasteiger partial charge in [-0.1, -0.05) is 0 Å². The molecule has 20 heavy (non-hydrogen) atoms. The number of benzene rings is 1. The third kappa shape index (κ3) is 3.58. The van der Waals surface area contributed by atoms with E-state index in [2.05, 4.69) is 0 Å². The summed E-state index contributed by atoms with van der Waals surface area (Å²) in [6, 6.07) is 2.33. The first kappa shape index (κ1) is 15.7. The molecule has 0 saturated carbocycles. The fourth-order valence-corrected chi connectivity index (χ4v) is 1.48. The number of nitro groups is 1. The molecule has 0 aromatic heterocycles. The number of nitro benzene ring substituents is 1. The normalized spacial score (nSPS) is 9.95. The number of methoxy groups -OCH3 is 3. The highest BCUT2D eigenvalue weighted by molar-refractivity contribution is 5.95. The van der Waals surface area contributed by atoms with E-state index in [-0.39, 0.29) is 30.3 Å². The van der Waals surface area contributed by atoms with E-state index >= 15 is 0 Å². The molecule has 0 bridgehead atoms. The third-order valence-electron chi connectivity index (χ3n) is 2.44. The highest BCUT2D eigenvalue weighted by Crippen LogP contribution is 2.34. The molecule has 110 valence electrons. The summed E-state index contributed by atoms with van der Waals surface area (Å²) >= 11 is 0. The highest BCUT2D eigenvalue weighted by atomic mass is 16.6. The number of rotatable bonds is 7. The monoisotopic (exact) mass is 285 g/mol. The van der Waals surface area contributed by atoms with E-state index in [0.29, 0.717) is 0 Å². The molecular formula is C12H15NO7. The molecule has 1 aromatic carbocycles. The number of hydrogen-bond acceptors (Lipinski definition) is 7. The van der Waals surface area contributed by atoms with E-state index < -0.39 is 16.6 Å². The van der Waals surface area contributed by atoms with E-state index in [4.69, 9.17) is 18.9 Å². The molecule has 0 heterocycles. The van der Waals surface area contributed by atoms with Gasteiger partial charge in [-0.05, 0) is 0 Å². The first-order valence-electron chi connectivity index (χ1n) is 5.61. The van der Waals surface area contributed by atoms with Crippen LogP contribution in [-0.4, -0.2) is 45.4 Å². The Hall–Kier alpha value is -2.35. The van der Waals surface area contributed by atoms with Crippen LogP contribution in [0, 0.1) is 10.1 Å². The van der Waals surface area contributed by atoms with Crippen LogP contribution in [0.5, 0.6) is 11.5 Å². The quantitative estimate of drug-likeness (QED) is 0.323. The van der Waals surface area contributed by atoms with Gasteiger partial charge in [0.05, 0.1) is 31.8 Å². The Kier molecular flexibility index (Phi) is 5.73. The van der Waals surface area contributed by atoms with Gasteiger partial charge in [0.25, 0.3) is 5.69 Å². The van der Waals surface area contributed by atoms with Gasteiger partial charge in [-0.25, -0.2) is 4.79 Å². The number of hydrogen-bond donors (Lipinski definition) is 0. The van der Waals surface area contributed by atoms with Crippen molar-refractivity contribution in [1.29, 1.82) is 0 Å². The Labute approximate surface area is 115 Å². The lowest BCUT2D eigenvalue weighted by Crippen LogP contribution is -2.12. The molecule has 0 aliphatic carbocycles. The molecule has 1 rings (SSSR count). The fraction of sp³-hybridized carbons (Fsp3) is 0.417. The van der Waals surface area contributed by atoms with Crippen molar-refractivity contribution in [3.8, 4) is 11.5 Å². The Morgan fingerprint density at radius 1 is 1.15 bits per heavy atom. The minimum absolute atomic E-state index is 0.000826. The van der Waals surface area contributed by atoms with Crippen molar-refractivity contribution < 1.29 is 28.7 Å². The maximum atomic E-state index is 11.8. The Morgan fingerprint density at radius 2 is 1.75 bits per heavy atom. The molecule has 0 fully saturated rings. The summed E-state index contributed by atoms with van der Waals surface area (Å²) in [5, 5.41) is 11.0. The van der Waals surface area contributed by atoms with E-state index in [1.54, 1.807) is 0 Å². The molecule has 0 aliphatic rings. The van der Waals surface area contributed by atoms with E-state index in [0.717, 1.165) is 6.07 Å². The summed E-state index contributed by atoms with van der Waals surface area (Å²) in [5.74, 6) is -0.459. The van der Waals surface area contributed by atoms with Gasteiger partial charge in [0.15, 0.2) is 11.5 Å². The predicted molar refractivity (Wildman–Crippen MR) is 68.4 cm³/mol. The van der Waals surface area contributed by atoms with Crippen molar-refractivity contribution in [2.45, 2.75) is 0 Å². The summed E-state index contributed by atoms with van der Waals surface area (Å²) in [5.41, 5.74) is -0.617. The van der Waals surface area contributed by atoms with Gasteiger partial charge >= 0.3 is 5.97 Å². The minimum atomic E-state index is -0.824. The zero-order valence-electron chi connectivity index (χ0n) is 11.4. The second kappa shape index (κ2) is 7.29. The van der Waals surface area contributed by atoms with Crippen molar-refractivity contribution in [1.82, 2.24) is 0 Å². The van der Waals surface area contributed by atoms with Crippen molar-refractivity contribution in [3.63, 3.8) is 0 Å². The van der Waals surface area contributed by atoms with Crippen LogP contribution in [0.25, 0.3) is 0 Å². The lowest BCUT2D eigenvalue weighted by Gasteiger charge is -2.10. The van der Waals surface area contributed by atoms with Crippen LogP contribution in [0.4, 0.5) is 5.69 Å². The summed E-state index contributed by atoms with van der Waals surface area (Å²) < 4.78 is 19.6. The topological polar surface area (TPSA) is 97.1 Å². The van der Waals surface area contributed by atoms with Gasteiger partial charge in [0, 0.05) is 13.2 Å². The average Bonchev–Trinajstić information content (AvgIpc) is 2.45. The molecule has 0 aliphatic heterocycles. The molecule has 8 nitrogen and oxygen atoms in total. The molecule has 1 aromatic rings. The van der Waals surface area contributed by atoms with Gasteiger partial charge in [-0.15, -0.1) is 0 Å². The molecule has 8 heteroatoms. The van der Waals surface area contributed by atoms with Crippen LogP contribution in [-0.2, 0) is 9.47 Å². The van der Waals surface area contributed by atoms with Crippen LogP contribution in [0.3, 0.4) is 0 Å². The largest absolute Gasteiger partial charge is 0.493 e. The summed E-state index contributed by atoms with van der Waals surface area (Å²) in [6.07, 6.45) is 0. The second-order valence-corrected chi connectivity index (χ2v) is 3.61. The first-order valence-corrected chi connectivity index (χ1v) is 5.61. The number of carbonyl (C=O) groups excluding carboxylic acids is 1. The third-order valence-corrected chi connectivity index (χ3v) is 2.44. The number of carbonyl (C=O) groups is 1. The van der Waals surface area contributed by atoms with E-state index in [9.17, 15) is 14.9 Å². The lowest BCUT2D eigenvalue weighted by atomic mass is 10.1. The van der Waals surface area contributed by atoms with Crippen LogP contribution in [0.1, 0.15) is 10.4 Å². The maximum Gasteiger partial charge on any atom is 0.345 e. The minimum Gasteiger partial charge on any atom is -0.493 e. The Balaban J connectivity index is 3.15. The van der Waals surface area contributed by atoms with Crippen molar-refractivity contribution >= 4 is 11.7 Å². The van der Waals surface area contributed by atoms with E-state index in [1.165, 1.54) is 27.4 Å². The Bertz CT molecular complexity index is 501. The standard InChI is InChI=1S/C12H15NO7/c1-17-4-5-20-12(14)8-6-10(18-2)11(19-3)7-9(8)13(15)16/h6-7H,4-5H2,1-3H3. The molecular weight excluding hydrogens is 270 g/mol. The summed E-state index contributed by atoms with van der Waals surface area (Å²) in [4.78, 5) is 22.1. The predicted octanol–water partition coefficient (Wildman–Crippen LogP) is 1.42. The van der Waals surface area contributed by atoms with E-state index in [1.807, 2.05) is 0 Å². The molecule has 0 N–H and O–H groups in total.